The Hall–Kier alpha value is -0.510. The molecule has 84 valence electrons. The fraction of sp³-hybridized carbons (Fsp3) is 0.800. The molecule has 4 heteroatoms. The predicted octanol–water partition coefficient (Wildman–Crippen LogP) is 3.70. The topological polar surface area (TPSA) is 9.23 Å². The summed E-state index contributed by atoms with van der Waals surface area (Å²) in [6, 6.07) is 0. The van der Waals surface area contributed by atoms with Crippen molar-refractivity contribution in [3.63, 3.8) is 0 Å². The summed E-state index contributed by atoms with van der Waals surface area (Å²) in [6.45, 7) is 0.994. The second kappa shape index (κ2) is 7.85. The second-order valence-corrected chi connectivity index (χ2v) is 3.10. The van der Waals surface area contributed by atoms with E-state index in [-0.39, 0.29) is 6.61 Å². The van der Waals surface area contributed by atoms with Gasteiger partial charge in [0.05, 0.1) is 6.61 Å². The summed E-state index contributed by atoms with van der Waals surface area (Å²) in [7, 11) is 0. The van der Waals surface area contributed by atoms with E-state index in [9.17, 15) is 13.2 Å². The molecule has 0 N–H and O–H groups in total. The molecular weight excluding hydrogens is 193 g/mol. The molecular formula is C10H17F3O. The molecule has 0 radical (unpaired) electrons. The van der Waals surface area contributed by atoms with E-state index >= 15 is 0 Å². The van der Waals surface area contributed by atoms with Crippen LogP contribution in [-0.4, -0.2) is 19.4 Å². The molecule has 0 fully saturated rings. The number of rotatable bonds is 7. The minimum atomic E-state index is -4.21. The monoisotopic (exact) mass is 210 g/mol. The lowest BCUT2D eigenvalue weighted by atomic mass is 10.2. The predicted molar refractivity (Wildman–Crippen MR) is 50.2 cm³/mol. The van der Waals surface area contributed by atoms with E-state index < -0.39 is 12.8 Å². The zero-order valence-corrected chi connectivity index (χ0v) is 8.44. The molecule has 0 bridgehead atoms. The summed E-state index contributed by atoms with van der Waals surface area (Å²) in [4.78, 5) is 0. The Bertz CT molecular complexity index is 152. The molecule has 0 rings (SSSR count). The van der Waals surface area contributed by atoms with E-state index in [2.05, 4.69) is 11.7 Å². The number of ether oxygens (including phenoxy) is 1. The van der Waals surface area contributed by atoms with Gasteiger partial charge < -0.3 is 4.74 Å². The highest BCUT2D eigenvalue weighted by Crippen LogP contribution is 2.14. The third kappa shape index (κ3) is 11.5. The highest BCUT2D eigenvalue weighted by atomic mass is 19.4. The Morgan fingerprint density at radius 2 is 1.86 bits per heavy atom. The van der Waals surface area contributed by atoms with Crippen LogP contribution >= 0.6 is 0 Å². The normalized spacial score (nSPS) is 12.6. The first-order valence-electron chi connectivity index (χ1n) is 4.85. The zero-order chi connectivity index (χ0) is 10.9. The van der Waals surface area contributed by atoms with Crippen LogP contribution in [0.5, 0.6) is 0 Å². The minimum Gasteiger partial charge on any atom is -0.368 e. The summed E-state index contributed by atoms with van der Waals surface area (Å²) in [6.07, 6.45) is 3.62. The fourth-order valence-corrected chi connectivity index (χ4v) is 0.941. The van der Waals surface area contributed by atoms with Gasteiger partial charge in [-0.15, -0.1) is 0 Å². The minimum absolute atomic E-state index is 0.0473. The van der Waals surface area contributed by atoms with Gasteiger partial charge >= 0.3 is 6.18 Å². The van der Waals surface area contributed by atoms with Crippen molar-refractivity contribution in [1.82, 2.24) is 0 Å². The molecule has 0 amide bonds. The molecule has 0 spiro atoms. The third-order valence-electron chi connectivity index (χ3n) is 1.62. The van der Waals surface area contributed by atoms with E-state index in [4.69, 9.17) is 0 Å². The standard InChI is InChI=1S/C10H17F3O/c1-2-3-4-5-6-7-8-14-9-10(11,12)13/h6-7H,2-5,8-9H2,1H3. The van der Waals surface area contributed by atoms with Crippen LogP contribution in [0, 0.1) is 0 Å². The summed E-state index contributed by atoms with van der Waals surface area (Å²) in [5.41, 5.74) is 0. The van der Waals surface area contributed by atoms with Crippen LogP contribution in [0.2, 0.25) is 0 Å². The average Bonchev–Trinajstić information content (AvgIpc) is 2.08. The smallest absolute Gasteiger partial charge is 0.368 e. The number of hydrogen-bond acceptors (Lipinski definition) is 1. The molecule has 0 aromatic carbocycles. The first-order valence-corrected chi connectivity index (χ1v) is 4.85. The van der Waals surface area contributed by atoms with Crippen molar-refractivity contribution >= 4 is 0 Å². The Morgan fingerprint density at radius 3 is 2.43 bits per heavy atom. The molecule has 0 aliphatic carbocycles. The van der Waals surface area contributed by atoms with Crippen molar-refractivity contribution in [3.05, 3.63) is 12.2 Å². The van der Waals surface area contributed by atoms with Gasteiger partial charge in [0.1, 0.15) is 6.61 Å². The Kier molecular flexibility index (Phi) is 7.57. The summed E-state index contributed by atoms with van der Waals surface area (Å²) >= 11 is 0. The van der Waals surface area contributed by atoms with Crippen molar-refractivity contribution < 1.29 is 17.9 Å². The lowest BCUT2D eigenvalue weighted by Gasteiger charge is -2.04. The van der Waals surface area contributed by atoms with Gasteiger partial charge in [0.25, 0.3) is 0 Å². The first kappa shape index (κ1) is 13.5. The Labute approximate surface area is 82.9 Å². The fourth-order valence-electron chi connectivity index (χ4n) is 0.941. The van der Waals surface area contributed by atoms with Gasteiger partial charge in [-0.1, -0.05) is 31.9 Å². The van der Waals surface area contributed by atoms with Gasteiger partial charge in [0, 0.05) is 0 Å². The van der Waals surface area contributed by atoms with E-state index in [1.54, 1.807) is 6.08 Å². The van der Waals surface area contributed by atoms with Crippen molar-refractivity contribution in [1.29, 1.82) is 0 Å². The molecule has 0 saturated heterocycles. The molecule has 1 nitrogen and oxygen atoms in total. The number of hydrogen-bond donors (Lipinski definition) is 0. The van der Waals surface area contributed by atoms with Crippen LogP contribution in [0.4, 0.5) is 13.2 Å². The highest BCUT2D eigenvalue weighted by Gasteiger charge is 2.26. The van der Waals surface area contributed by atoms with Crippen molar-refractivity contribution in [3.8, 4) is 0 Å². The Morgan fingerprint density at radius 1 is 1.14 bits per heavy atom. The molecule has 0 saturated carbocycles. The molecule has 0 unspecified atom stereocenters. The van der Waals surface area contributed by atoms with E-state index in [1.165, 1.54) is 0 Å². The molecule has 0 aromatic rings. The molecule has 0 atom stereocenters. The van der Waals surface area contributed by atoms with Gasteiger partial charge in [-0.05, 0) is 12.8 Å². The summed E-state index contributed by atoms with van der Waals surface area (Å²) < 4.78 is 39.1. The Balaban J connectivity index is 3.19. The van der Waals surface area contributed by atoms with Gasteiger partial charge in [-0.2, -0.15) is 13.2 Å². The van der Waals surface area contributed by atoms with Crippen LogP contribution in [0.15, 0.2) is 12.2 Å². The number of allylic oxidation sites excluding steroid dienone is 1. The number of halogens is 3. The molecule has 0 heterocycles. The van der Waals surface area contributed by atoms with Gasteiger partial charge in [0.2, 0.25) is 0 Å². The highest BCUT2D eigenvalue weighted by molar-refractivity contribution is 4.81. The van der Waals surface area contributed by atoms with E-state index in [0.29, 0.717) is 0 Å². The molecule has 0 aliphatic heterocycles. The summed E-state index contributed by atoms with van der Waals surface area (Å²) in [5.74, 6) is 0. The largest absolute Gasteiger partial charge is 0.411 e. The van der Waals surface area contributed by atoms with Crippen molar-refractivity contribution in [2.45, 2.75) is 38.8 Å². The van der Waals surface area contributed by atoms with Crippen molar-refractivity contribution in [2.75, 3.05) is 13.2 Å². The van der Waals surface area contributed by atoms with Crippen LogP contribution in [0.1, 0.15) is 32.6 Å². The van der Waals surface area contributed by atoms with E-state index in [0.717, 1.165) is 25.7 Å². The lowest BCUT2D eigenvalue weighted by Crippen LogP contribution is -2.16. The van der Waals surface area contributed by atoms with E-state index in [1.807, 2.05) is 6.08 Å². The van der Waals surface area contributed by atoms with Gasteiger partial charge in [-0.25, -0.2) is 0 Å². The van der Waals surface area contributed by atoms with Gasteiger partial charge in [-0.3, -0.25) is 0 Å². The number of alkyl halides is 3. The average molecular weight is 210 g/mol. The van der Waals surface area contributed by atoms with Gasteiger partial charge in [0.15, 0.2) is 0 Å². The zero-order valence-electron chi connectivity index (χ0n) is 8.44. The maximum absolute atomic E-state index is 11.6. The van der Waals surface area contributed by atoms with Crippen LogP contribution in [-0.2, 0) is 4.74 Å². The second-order valence-electron chi connectivity index (χ2n) is 3.10. The lowest BCUT2D eigenvalue weighted by molar-refractivity contribution is -0.171. The first-order chi connectivity index (χ1) is 6.56. The van der Waals surface area contributed by atoms with Crippen LogP contribution in [0.3, 0.4) is 0 Å². The number of unbranched alkanes of at least 4 members (excludes halogenated alkanes) is 3. The SMILES string of the molecule is CCCCCC=CCOCC(F)(F)F. The summed E-state index contributed by atoms with van der Waals surface area (Å²) in [5, 5.41) is 0. The van der Waals surface area contributed by atoms with Crippen LogP contribution in [0.25, 0.3) is 0 Å². The quantitative estimate of drug-likeness (QED) is 0.460. The van der Waals surface area contributed by atoms with Crippen LogP contribution < -0.4 is 0 Å². The maximum Gasteiger partial charge on any atom is 0.411 e. The third-order valence-corrected chi connectivity index (χ3v) is 1.62. The maximum atomic E-state index is 11.6. The molecule has 0 aromatic heterocycles. The molecule has 0 aliphatic rings. The van der Waals surface area contributed by atoms with Crippen molar-refractivity contribution in [2.24, 2.45) is 0 Å². The molecule has 14 heavy (non-hydrogen) atoms.